The summed E-state index contributed by atoms with van der Waals surface area (Å²) in [6, 6.07) is 30.4. The van der Waals surface area contributed by atoms with Gasteiger partial charge in [-0.1, -0.05) is 92.6 Å². The second-order valence-electron chi connectivity index (χ2n) is 8.97. The van der Waals surface area contributed by atoms with Crippen LogP contribution in [-0.4, -0.2) is 31.1 Å². The predicted octanol–water partition coefficient (Wildman–Crippen LogP) is 7.70. The van der Waals surface area contributed by atoms with Gasteiger partial charge >= 0.3 is 0 Å². The number of ether oxygens (including phenoxy) is 1. The third kappa shape index (κ3) is 6.58. The van der Waals surface area contributed by atoms with Gasteiger partial charge in [-0.15, -0.1) is 0 Å². The van der Waals surface area contributed by atoms with E-state index in [4.69, 9.17) is 4.74 Å². The van der Waals surface area contributed by atoms with Gasteiger partial charge in [0.25, 0.3) is 0 Å². The number of hydrogen-bond donors (Lipinski definition) is 0. The van der Waals surface area contributed by atoms with Crippen LogP contribution >= 0.6 is 0 Å². The summed E-state index contributed by atoms with van der Waals surface area (Å²) in [5, 5.41) is 0. The van der Waals surface area contributed by atoms with Crippen LogP contribution in [0.5, 0.6) is 5.75 Å². The van der Waals surface area contributed by atoms with Gasteiger partial charge in [0.05, 0.1) is 0 Å². The lowest BCUT2D eigenvalue weighted by atomic mass is 9.87. The minimum Gasteiger partial charge on any atom is -0.492 e. The highest BCUT2D eigenvalue weighted by Gasteiger charge is 2.15. The Hall–Kier alpha value is -2.84. The van der Waals surface area contributed by atoms with Crippen molar-refractivity contribution in [3.8, 4) is 5.75 Å². The van der Waals surface area contributed by atoms with Gasteiger partial charge in [-0.25, -0.2) is 0 Å². The van der Waals surface area contributed by atoms with Crippen molar-refractivity contribution in [1.82, 2.24) is 4.90 Å². The van der Waals surface area contributed by atoms with E-state index >= 15 is 0 Å². The van der Waals surface area contributed by atoms with Crippen LogP contribution in [0.2, 0.25) is 0 Å². The summed E-state index contributed by atoms with van der Waals surface area (Å²) in [5.74, 6) is 0.972. The Kier molecular flexibility index (Phi) is 8.77. The van der Waals surface area contributed by atoms with Crippen molar-refractivity contribution in [3.05, 3.63) is 102 Å². The van der Waals surface area contributed by atoms with Crippen LogP contribution < -0.4 is 4.74 Å². The first-order chi connectivity index (χ1) is 16.3. The third-order valence-corrected chi connectivity index (χ3v) is 6.51. The maximum Gasteiger partial charge on any atom is 0.119 e. The molecule has 3 aromatic rings. The Morgan fingerprint density at radius 1 is 0.758 bits per heavy atom. The van der Waals surface area contributed by atoms with Crippen LogP contribution in [0.25, 0.3) is 11.1 Å². The summed E-state index contributed by atoms with van der Waals surface area (Å²) in [4.78, 5) is 2.50. The van der Waals surface area contributed by atoms with Gasteiger partial charge in [0, 0.05) is 6.54 Å². The van der Waals surface area contributed by atoms with Crippen LogP contribution in [0.4, 0.5) is 0 Å². The molecule has 1 aliphatic heterocycles. The Morgan fingerprint density at radius 2 is 1.39 bits per heavy atom. The van der Waals surface area contributed by atoms with Gasteiger partial charge in [0.2, 0.25) is 0 Å². The molecule has 1 aliphatic rings. The normalized spacial score (nSPS) is 13.7. The van der Waals surface area contributed by atoms with E-state index in [9.17, 15) is 0 Å². The largest absolute Gasteiger partial charge is 0.492 e. The number of benzene rings is 3. The van der Waals surface area contributed by atoms with Crippen molar-refractivity contribution < 1.29 is 4.74 Å². The fraction of sp³-hybridized carbons (Fsp3) is 0.355. The summed E-state index contributed by atoms with van der Waals surface area (Å²) in [6.07, 6.45) is 7.36. The molecular weight excluding hydrogens is 402 g/mol. The molecule has 2 heteroatoms. The van der Waals surface area contributed by atoms with Crippen LogP contribution in [0.3, 0.4) is 0 Å². The van der Waals surface area contributed by atoms with Crippen molar-refractivity contribution in [3.63, 3.8) is 0 Å². The van der Waals surface area contributed by atoms with E-state index in [2.05, 4.69) is 96.8 Å². The van der Waals surface area contributed by atoms with E-state index in [0.717, 1.165) is 25.3 Å². The molecule has 0 aliphatic carbocycles. The SMILES string of the molecule is CCCCCC(=C(c1ccccc1)c1ccccc1)c1cccc(OCCN2CCCC2)c1. The molecule has 1 saturated heterocycles. The molecule has 4 rings (SSSR count). The molecule has 3 aromatic carbocycles. The molecular formula is C31H37NO. The van der Waals surface area contributed by atoms with E-state index in [-0.39, 0.29) is 0 Å². The second-order valence-corrected chi connectivity index (χ2v) is 8.97. The van der Waals surface area contributed by atoms with E-state index in [0.29, 0.717) is 0 Å². The average Bonchev–Trinajstić information content (AvgIpc) is 3.39. The van der Waals surface area contributed by atoms with Crippen LogP contribution in [0.1, 0.15) is 62.1 Å². The van der Waals surface area contributed by atoms with E-state index in [1.165, 1.54) is 73.0 Å². The Balaban J connectivity index is 1.68. The van der Waals surface area contributed by atoms with Crippen molar-refractivity contribution >= 4 is 11.1 Å². The predicted molar refractivity (Wildman–Crippen MR) is 141 cm³/mol. The summed E-state index contributed by atoms with van der Waals surface area (Å²) >= 11 is 0. The highest BCUT2D eigenvalue weighted by atomic mass is 16.5. The summed E-state index contributed by atoms with van der Waals surface area (Å²) < 4.78 is 6.21. The van der Waals surface area contributed by atoms with Gasteiger partial charge in [0.15, 0.2) is 0 Å². The molecule has 0 bridgehead atoms. The standard InChI is InChI=1S/C31H37NO/c1-2-3-6-20-30(31(26-14-7-4-8-15-26)27-16-9-5-10-17-27)28-18-13-19-29(25-28)33-24-23-32-21-11-12-22-32/h4-5,7-10,13-19,25H,2-3,6,11-12,20-24H2,1H3. The zero-order valence-corrected chi connectivity index (χ0v) is 20.0. The van der Waals surface area contributed by atoms with Gasteiger partial charge in [0.1, 0.15) is 12.4 Å². The average molecular weight is 440 g/mol. The molecule has 0 spiro atoms. The molecule has 2 nitrogen and oxygen atoms in total. The molecule has 0 radical (unpaired) electrons. The number of hydrogen-bond acceptors (Lipinski definition) is 2. The maximum atomic E-state index is 6.21. The molecule has 0 saturated carbocycles. The van der Waals surface area contributed by atoms with Gasteiger partial charge in [-0.05, 0) is 78.7 Å². The topological polar surface area (TPSA) is 12.5 Å². The Morgan fingerprint density at radius 3 is 2.03 bits per heavy atom. The highest BCUT2D eigenvalue weighted by Crippen LogP contribution is 2.36. The minimum atomic E-state index is 0.753. The third-order valence-electron chi connectivity index (χ3n) is 6.51. The molecule has 172 valence electrons. The maximum absolute atomic E-state index is 6.21. The van der Waals surface area contributed by atoms with Crippen molar-refractivity contribution in [2.45, 2.75) is 45.4 Å². The Bertz CT molecular complexity index is 962. The minimum absolute atomic E-state index is 0.753. The molecule has 0 N–H and O–H groups in total. The molecule has 0 unspecified atom stereocenters. The quantitative estimate of drug-likeness (QED) is 0.224. The van der Waals surface area contributed by atoms with Crippen molar-refractivity contribution in [1.29, 1.82) is 0 Å². The first kappa shape index (κ1) is 23.3. The number of nitrogens with zero attached hydrogens (tertiary/aromatic N) is 1. The highest BCUT2D eigenvalue weighted by molar-refractivity contribution is 5.98. The monoisotopic (exact) mass is 439 g/mol. The van der Waals surface area contributed by atoms with Gasteiger partial charge in [-0.2, -0.15) is 0 Å². The zero-order valence-electron chi connectivity index (χ0n) is 20.0. The van der Waals surface area contributed by atoms with Crippen LogP contribution in [-0.2, 0) is 0 Å². The summed E-state index contributed by atoms with van der Waals surface area (Å²) in [5.41, 5.74) is 6.56. The fourth-order valence-electron chi connectivity index (χ4n) is 4.76. The summed E-state index contributed by atoms with van der Waals surface area (Å²) in [7, 11) is 0. The van der Waals surface area contributed by atoms with Crippen LogP contribution in [0, 0.1) is 0 Å². The molecule has 0 atom stereocenters. The molecule has 0 amide bonds. The first-order valence-electron chi connectivity index (χ1n) is 12.6. The lowest BCUT2D eigenvalue weighted by molar-refractivity contribution is 0.238. The first-order valence-corrected chi connectivity index (χ1v) is 12.6. The van der Waals surface area contributed by atoms with Crippen LogP contribution in [0.15, 0.2) is 84.9 Å². The van der Waals surface area contributed by atoms with E-state index < -0.39 is 0 Å². The lowest BCUT2D eigenvalue weighted by Crippen LogP contribution is -2.25. The molecule has 1 heterocycles. The van der Waals surface area contributed by atoms with Gasteiger partial charge < -0.3 is 4.74 Å². The lowest BCUT2D eigenvalue weighted by Gasteiger charge is -2.19. The van der Waals surface area contributed by atoms with Crippen molar-refractivity contribution in [2.24, 2.45) is 0 Å². The summed E-state index contributed by atoms with van der Waals surface area (Å²) in [6.45, 7) is 6.47. The Labute approximate surface area is 199 Å². The number of allylic oxidation sites excluding steroid dienone is 1. The number of likely N-dealkylation sites (tertiary alicyclic amines) is 1. The molecule has 0 aromatic heterocycles. The molecule has 33 heavy (non-hydrogen) atoms. The van der Waals surface area contributed by atoms with E-state index in [1.807, 2.05) is 0 Å². The number of unbranched alkanes of at least 4 members (excludes halogenated alkanes) is 2. The van der Waals surface area contributed by atoms with Crippen molar-refractivity contribution in [2.75, 3.05) is 26.2 Å². The van der Waals surface area contributed by atoms with E-state index in [1.54, 1.807) is 0 Å². The second kappa shape index (κ2) is 12.4. The number of rotatable bonds is 11. The van der Waals surface area contributed by atoms with Gasteiger partial charge in [-0.3, -0.25) is 4.90 Å². The fourth-order valence-corrected chi connectivity index (χ4v) is 4.76. The zero-order chi connectivity index (χ0) is 22.7. The smallest absolute Gasteiger partial charge is 0.119 e. The molecule has 1 fully saturated rings.